The second kappa shape index (κ2) is 4.46. The molecule has 1 aromatic carbocycles. The molecule has 1 aromatic heterocycles. The van der Waals surface area contributed by atoms with Crippen LogP contribution in [0.15, 0.2) is 30.7 Å². The van der Waals surface area contributed by atoms with Crippen LogP contribution in [0.3, 0.4) is 0 Å². The van der Waals surface area contributed by atoms with Crippen LogP contribution in [0, 0.1) is 0 Å². The quantitative estimate of drug-likeness (QED) is 0.891. The Balaban J connectivity index is 2.08. The number of nitrogens with one attached hydrogen (secondary N) is 1. The highest BCUT2D eigenvalue weighted by molar-refractivity contribution is 5.47. The summed E-state index contributed by atoms with van der Waals surface area (Å²) < 4.78 is 7.82. The van der Waals surface area contributed by atoms with Gasteiger partial charge in [0.25, 0.3) is 0 Å². The smallest absolute Gasteiger partial charge is 0.127 e. The minimum Gasteiger partial charge on any atom is -0.493 e. The summed E-state index contributed by atoms with van der Waals surface area (Å²) in [6, 6.07) is 6.48. The third-order valence-electron chi connectivity index (χ3n) is 3.49. The van der Waals surface area contributed by atoms with Gasteiger partial charge in [-0.2, -0.15) is 0 Å². The zero-order valence-electron chi connectivity index (χ0n) is 10.7. The molecule has 4 heteroatoms. The van der Waals surface area contributed by atoms with Crippen molar-refractivity contribution in [2.24, 2.45) is 7.05 Å². The van der Waals surface area contributed by atoms with Crippen molar-refractivity contribution < 1.29 is 4.74 Å². The van der Waals surface area contributed by atoms with E-state index in [4.69, 9.17) is 4.74 Å². The SMILES string of the molecule is CNC(c1cccc2c1OCC2)c1cncn1C. The lowest BCUT2D eigenvalue weighted by atomic mass is 10.00. The van der Waals surface area contributed by atoms with Crippen LogP contribution in [0.1, 0.15) is 22.9 Å². The number of benzene rings is 1. The van der Waals surface area contributed by atoms with Crippen molar-refractivity contribution in [1.82, 2.24) is 14.9 Å². The van der Waals surface area contributed by atoms with Crippen LogP contribution >= 0.6 is 0 Å². The largest absolute Gasteiger partial charge is 0.493 e. The fourth-order valence-corrected chi connectivity index (χ4v) is 2.58. The highest BCUT2D eigenvalue weighted by Crippen LogP contribution is 2.35. The lowest BCUT2D eigenvalue weighted by Gasteiger charge is -2.19. The standard InChI is InChI=1S/C14H17N3O/c1-15-13(12-8-16-9-17(12)2)11-5-3-4-10-6-7-18-14(10)11/h3-5,8-9,13,15H,6-7H2,1-2H3. The first kappa shape index (κ1) is 11.3. The topological polar surface area (TPSA) is 39.1 Å². The first-order valence-corrected chi connectivity index (χ1v) is 6.19. The zero-order chi connectivity index (χ0) is 12.5. The number of hydrogen-bond donors (Lipinski definition) is 1. The predicted molar refractivity (Wildman–Crippen MR) is 69.8 cm³/mol. The monoisotopic (exact) mass is 243 g/mol. The average molecular weight is 243 g/mol. The second-order valence-electron chi connectivity index (χ2n) is 4.59. The van der Waals surface area contributed by atoms with Gasteiger partial charge in [0.2, 0.25) is 0 Å². The van der Waals surface area contributed by atoms with E-state index in [1.54, 1.807) is 0 Å². The van der Waals surface area contributed by atoms with E-state index in [9.17, 15) is 0 Å². The summed E-state index contributed by atoms with van der Waals surface area (Å²) in [4.78, 5) is 4.19. The van der Waals surface area contributed by atoms with Crippen LogP contribution in [0.25, 0.3) is 0 Å². The van der Waals surface area contributed by atoms with Crippen molar-refractivity contribution in [3.05, 3.63) is 47.5 Å². The van der Waals surface area contributed by atoms with Crippen molar-refractivity contribution in [1.29, 1.82) is 0 Å². The molecule has 2 heterocycles. The van der Waals surface area contributed by atoms with Crippen molar-refractivity contribution in [2.75, 3.05) is 13.7 Å². The average Bonchev–Trinajstić information content (AvgIpc) is 3.00. The summed E-state index contributed by atoms with van der Waals surface area (Å²) in [7, 11) is 3.97. The highest BCUT2D eigenvalue weighted by atomic mass is 16.5. The van der Waals surface area contributed by atoms with Gasteiger partial charge in [-0.15, -0.1) is 0 Å². The first-order chi connectivity index (χ1) is 8.81. The molecule has 1 N–H and O–H groups in total. The maximum absolute atomic E-state index is 5.78. The normalized spacial score (nSPS) is 15.2. The van der Waals surface area contributed by atoms with Gasteiger partial charge in [-0.1, -0.05) is 18.2 Å². The third kappa shape index (κ3) is 1.69. The third-order valence-corrected chi connectivity index (χ3v) is 3.49. The molecule has 1 unspecified atom stereocenters. The van der Waals surface area contributed by atoms with Crippen LogP contribution in [-0.4, -0.2) is 23.2 Å². The number of para-hydroxylation sites is 1. The van der Waals surface area contributed by atoms with Gasteiger partial charge in [-0.3, -0.25) is 0 Å². The van der Waals surface area contributed by atoms with Gasteiger partial charge < -0.3 is 14.6 Å². The fourth-order valence-electron chi connectivity index (χ4n) is 2.58. The maximum atomic E-state index is 5.78. The summed E-state index contributed by atoms with van der Waals surface area (Å²) in [6.45, 7) is 0.786. The Kier molecular flexibility index (Phi) is 2.80. The van der Waals surface area contributed by atoms with Crippen molar-refractivity contribution in [2.45, 2.75) is 12.5 Å². The summed E-state index contributed by atoms with van der Waals surface area (Å²) in [6.07, 6.45) is 4.73. The van der Waals surface area contributed by atoms with Crippen LogP contribution in [0.5, 0.6) is 5.75 Å². The van der Waals surface area contributed by atoms with E-state index in [0.717, 1.165) is 24.5 Å². The van der Waals surface area contributed by atoms with Gasteiger partial charge in [-0.25, -0.2) is 4.98 Å². The lowest BCUT2D eigenvalue weighted by Crippen LogP contribution is -2.20. The molecule has 0 fully saturated rings. The summed E-state index contributed by atoms with van der Waals surface area (Å²) in [5.41, 5.74) is 3.63. The first-order valence-electron chi connectivity index (χ1n) is 6.19. The number of nitrogens with zero attached hydrogens (tertiary/aromatic N) is 2. The number of hydrogen-bond acceptors (Lipinski definition) is 3. The number of fused-ring (bicyclic) bond motifs is 1. The van der Waals surface area contributed by atoms with E-state index < -0.39 is 0 Å². The lowest BCUT2D eigenvalue weighted by molar-refractivity contribution is 0.350. The maximum Gasteiger partial charge on any atom is 0.127 e. The number of imidazole rings is 1. The van der Waals surface area contributed by atoms with Crippen LogP contribution in [0.4, 0.5) is 0 Å². The van der Waals surface area contributed by atoms with E-state index >= 15 is 0 Å². The predicted octanol–water partition coefficient (Wildman–Crippen LogP) is 1.66. The Morgan fingerprint density at radius 2 is 2.33 bits per heavy atom. The summed E-state index contributed by atoms with van der Waals surface area (Å²) in [5.74, 6) is 1.04. The second-order valence-corrected chi connectivity index (χ2v) is 4.59. The van der Waals surface area contributed by atoms with Crippen LogP contribution in [0.2, 0.25) is 0 Å². The number of ether oxygens (including phenoxy) is 1. The molecule has 4 nitrogen and oxygen atoms in total. The van der Waals surface area contributed by atoms with Gasteiger partial charge >= 0.3 is 0 Å². The molecule has 0 spiro atoms. The van der Waals surface area contributed by atoms with E-state index in [0.29, 0.717) is 0 Å². The van der Waals surface area contributed by atoms with E-state index in [1.807, 2.05) is 31.2 Å². The minimum atomic E-state index is 0.116. The van der Waals surface area contributed by atoms with Crippen molar-refractivity contribution in [3.63, 3.8) is 0 Å². The Labute approximate surface area is 107 Å². The van der Waals surface area contributed by atoms with Gasteiger partial charge in [0.15, 0.2) is 0 Å². The molecule has 1 aliphatic rings. The summed E-state index contributed by atoms with van der Waals surface area (Å²) >= 11 is 0. The molecule has 0 amide bonds. The number of aromatic nitrogens is 2. The van der Waals surface area contributed by atoms with Gasteiger partial charge in [0.05, 0.1) is 30.9 Å². The zero-order valence-corrected chi connectivity index (χ0v) is 10.7. The van der Waals surface area contributed by atoms with Crippen molar-refractivity contribution >= 4 is 0 Å². The Hall–Kier alpha value is -1.81. The molecule has 2 aromatic rings. The molecule has 0 radical (unpaired) electrons. The molecule has 3 rings (SSSR count). The van der Waals surface area contributed by atoms with E-state index in [-0.39, 0.29) is 6.04 Å². The Morgan fingerprint density at radius 1 is 1.44 bits per heavy atom. The Morgan fingerprint density at radius 3 is 3.06 bits per heavy atom. The van der Waals surface area contributed by atoms with Crippen molar-refractivity contribution in [3.8, 4) is 5.75 Å². The number of aryl methyl sites for hydroxylation is 1. The van der Waals surface area contributed by atoms with E-state index in [1.165, 1.54) is 11.1 Å². The minimum absolute atomic E-state index is 0.116. The van der Waals surface area contributed by atoms with Gasteiger partial charge in [0.1, 0.15) is 5.75 Å². The molecule has 1 atom stereocenters. The highest BCUT2D eigenvalue weighted by Gasteiger charge is 2.23. The van der Waals surface area contributed by atoms with E-state index in [2.05, 4.69) is 28.5 Å². The van der Waals surface area contributed by atoms with Crippen LogP contribution in [-0.2, 0) is 13.5 Å². The van der Waals surface area contributed by atoms with Gasteiger partial charge in [0, 0.05) is 19.0 Å². The fraction of sp³-hybridized carbons (Fsp3) is 0.357. The van der Waals surface area contributed by atoms with Crippen LogP contribution < -0.4 is 10.1 Å². The molecule has 0 aliphatic carbocycles. The molecule has 94 valence electrons. The molecule has 0 saturated carbocycles. The molecule has 0 bridgehead atoms. The molecule has 1 aliphatic heterocycles. The van der Waals surface area contributed by atoms with Gasteiger partial charge in [-0.05, 0) is 12.6 Å². The Bertz CT molecular complexity index is 562. The molecular weight excluding hydrogens is 226 g/mol. The molecule has 18 heavy (non-hydrogen) atoms. The molecular formula is C14H17N3O. The summed E-state index contributed by atoms with van der Waals surface area (Å²) in [5, 5.41) is 3.35. The number of rotatable bonds is 3. The molecule has 0 saturated heterocycles.